The summed E-state index contributed by atoms with van der Waals surface area (Å²) in [6, 6.07) is 2.02. The number of aldehydes is 1. The van der Waals surface area contributed by atoms with E-state index in [9.17, 15) is 4.79 Å². The van der Waals surface area contributed by atoms with Crippen molar-refractivity contribution >= 4 is 23.3 Å². The zero-order chi connectivity index (χ0) is 10.3. The fourth-order valence-corrected chi connectivity index (χ4v) is 3.26. The molecule has 0 N–H and O–H groups in total. The molecule has 2 nitrogen and oxygen atoms in total. The molecule has 1 atom stereocenters. The van der Waals surface area contributed by atoms with E-state index in [1.165, 1.54) is 38.0 Å². The summed E-state index contributed by atoms with van der Waals surface area (Å²) in [7, 11) is 0. The Kier molecular flexibility index (Phi) is 2.28. The Morgan fingerprint density at radius 3 is 2.87 bits per heavy atom. The van der Waals surface area contributed by atoms with E-state index in [1.807, 2.05) is 6.07 Å². The van der Waals surface area contributed by atoms with Crippen molar-refractivity contribution in [1.29, 1.82) is 0 Å². The van der Waals surface area contributed by atoms with Crippen LogP contribution in [0.25, 0.3) is 0 Å². The number of rotatable bonds is 3. The normalized spacial score (nSPS) is 25.9. The average Bonchev–Trinajstić information content (AvgIpc) is 2.84. The topological polar surface area (TPSA) is 20.3 Å². The van der Waals surface area contributed by atoms with Crippen LogP contribution in [0.5, 0.6) is 0 Å². The molecule has 1 unspecified atom stereocenters. The van der Waals surface area contributed by atoms with Gasteiger partial charge in [-0.3, -0.25) is 4.79 Å². The first-order chi connectivity index (χ1) is 7.36. The van der Waals surface area contributed by atoms with Gasteiger partial charge in [0.05, 0.1) is 4.88 Å². The first-order valence-corrected chi connectivity index (χ1v) is 6.53. The molecule has 0 bridgehead atoms. The molecular weight excluding hydrogens is 206 g/mol. The molecular formula is C12H15NOS. The number of carbonyl (C=O) groups is 1. The molecule has 1 aliphatic carbocycles. The second kappa shape index (κ2) is 3.63. The molecule has 1 aromatic rings. The molecule has 15 heavy (non-hydrogen) atoms. The quantitative estimate of drug-likeness (QED) is 0.731. The average molecular weight is 221 g/mol. The molecule has 3 rings (SSSR count). The lowest BCUT2D eigenvalue weighted by atomic mass is 10.0. The third-order valence-corrected chi connectivity index (χ3v) is 4.45. The molecule has 1 aromatic heterocycles. The van der Waals surface area contributed by atoms with E-state index in [4.69, 9.17) is 0 Å². The van der Waals surface area contributed by atoms with Gasteiger partial charge in [-0.05, 0) is 37.2 Å². The molecule has 2 aliphatic rings. The van der Waals surface area contributed by atoms with Crippen molar-refractivity contribution in [1.82, 2.24) is 0 Å². The van der Waals surface area contributed by atoms with E-state index in [0.717, 1.165) is 23.0 Å². The molecule has 1 saturated carbocycles. The Balaban J connectivity index is 1.69. The van der Waals surface area contributed by atoms with Crippen LogP contribution in [0.4, 0.5) is 5.69 Å². The summed E-state index contributed by atoms with van der Waals surface area (Å²) in [6.45, 7) is 2.38. The van der Waals surface area contributed by atoms with Crippen molar-refractivity contribution in [2.24, 2.45) is 11.8 Å². The number of nitrogens with zero attached hydrogens (tertiary/aromatic N) is 1. The summed E-state index contributed by atoms with van der Waals surface area (Å²) >= 11 is 1.55. The molecule has 2 heterocycles. The highest BCUT2D eigenvalue weighted by molar-refractivity contribution is 7.12. The van der Waals surface area contributed by atoms with Crippen LogP contribution in [0.3, 0.4) is 0 Å². The van der Waals surface area contributed by atoms with Gasteiger partial charge in [-0.1, -0.05) is 0 Å². The van der Waals surface area contributed by atoms with Gasteiger partial charge in [0.15, 0.2) is 6.29 Å². The van der Waals surface area contributed by atoms with Gasteiger partial charge in [0.25, 0.3) is 0 Å². The van der Waals surface area contributed by atoms with Crippen molar-refractivity contribution in [3.63, 3.8) is 0 Å². The highest BCUT2D eigenvalue weighted by Gasteiger charge is 2.35. The number of anilines is 1. The number of hydrogen-bond acceptors (Lipinski definition) is 3. The first kappa shape index (κ1) is 9.40. The van der Waals surface area contributed by atoms with Crippen LogP contribution in [-0.4, -0.2) is 19.4 Å². The van der Waals surface area contributed by atoms with Crippen LogP contribution in [0.1, 0.15) is 28.9 Å². The summed E-state index contributed by atoms with van der Waals surface area (Å²) in [5.41, 5.74) is 1.25. The minimum absolute atomic E-state index is 0.847. The predicted molar refractivity (Wildman–Crippen MR) is 62.8 cm³/mol. The van der Waals surface area contributed by atoms with Crippen LogP contribution in [-0.2, 0) is 0 Å². The Labute approximate surface area is 93.9 Å². The van der Waals surface area contributed by atoms with Crippen LogP contribution >= 0.6 is 11.3 Å². The molecule has 0 radical (unpaired) electrons. The van der Waals surface area contributed by atoms with Gasteiger partial charge in [0.1, 0.15) is 0 Å². The van der Waals surface area contributed by atoms with Gasteiger partial charge in [-0.15, -0.1) is 11.3 Å². The minimum Gasteiger partial charge on any atom is -0.371 e. The van der Waals surface area contributed by atoms with Crippen molar-refractivity contribution in [3.05, 3.63) is 16.3 Å². The second-order valence-electron chi connectivity index (χ2n) is 4.66. The lowest BCUT2D eigenvalue weighted by Crippen LogP contribution is -2.19. The Morgan fingerprint density at radius 1 is 1.33 bits per heavy atom. The first-order valence-electron chi connectivity index (χ1n) is 5.65. The van der Waals surface area contributed by atoms with Crippen molar-refractivity contribution in [2.45, 2.75) is 19.3 Å². The molecule has 0 aromatic carbocycles. The Hall–Kier alpha value is -0.830. The summed E-state index contributed by atoms with van der Waals surface area (Å²) in [5, 5.41) is 2.11. The number of hydrogen-bond donors (Lipinski definition) is 0. The van der Waals surface area contributed by atoms with Gasteiger partial charge in [-0.2, -0.15) is 0 Å². The largest absolute Gasteiger partial charge is 0.371 e. The van der Waals surface area contributed by atoms with Crippen LogP contribution in [0.2, 0.25) is 0 Å². The SMILES string of the molecule is O=Cc1cc(N2CCC(C3CC3)C2)cs1. The second-order valence-corrected chi connectivity index (χ2v) is 5.60. The van der Waals surface area contributed by atoms with E-state index in [2.05, 4.69) is 10.3 Å². The zero-order valence-corrected chi connectivity index (χ0v) is 9.50. The third-order valence-electron chi connectivity index (χ3n) is 3.60. The van der Waals surface area contributed by atoms with Crippen molar-refractivity contribution in [3.8, 4) is 0 Å². The van der Waals surface area contributed by atoms with Gasteiger partial charge < -0.3 is 4.90 Å². The fraction of sp³-hybridized carbons (Fsp3) is 0.583. The van der Waals surface area contributed by atoms with Crippen molar-refractivity contribution in [2.75, 3.05) is 18.0 Å². The van der Waals surface area contributed by atoms with E-state index in [1.54, 1.807) is 11.3 Å². The van der Waals surface area contributed by atoms with E-state index >= 15 is 0 Å². The van der Waals surface area contributed by atoms with E-state index in [-0.39, 0.29) is 0 Å². The molecule has 80 valence electrons. The smallest absolute Gasteiger partial charge is 0.160 e. The van der Waals surface area contributed by atoms with Gasteiger partial charge >= 0.3 is 0 Å². The van der Waals surface area contributed by atoms with Gasteiger partial charge in [-0.25, -0.2) is 0 Å². The summed E-state index contributed by atoms with van der Waals surface area (Å²) in [4.78, 5) is 13.9. The molecule has 1 aliphatic heterocycles. The Morgan fingerprint density at radius 2 is 2.20 bits per heavy atom. The maximum absolute atomic E-state index is 10.6. The maximum Gasteiger partial charge on any atom is 0.160 e. The highest BCUT2D eigenvalue weighted by atomic mass is 32.1. The monoisotopic (exact) mass is 221 g/mol. The van der Waals surface area contributed by atoms with E-state index < -0.39 is 0 Å². The third kappa shape index (κ3) is 1.81. The van der Waals surface area contributed by atoms with E-state index in [0.29, 0.717) is 0 Å². The zero-order valence-electron chi connectivity index (χ0n) is 8.69. The lowest BCUT2D eigenvalue weighted by molar-refractivity contribution is 0.112. The molecule has 0 amide bonds. The Bertz CT molecular complexity index is 369. The molecule has 1 saturated heterocycles. The molecule has 0 spiro atoms. The number of thiophene rings is 1. The van der Waals surface area contributed by atoms with Crippen molar-refractivity contribution < 1.29 is 4.79 Å². The predicted octanol–water partition coefficient (Wildman–Crippen LogP) is 2.80. The van der Waals surface area contributed by atoms with Gasteiger partial charge in [0, 0.05) is 24.2 Å². The lowest BCUT2D eigenvalue weighted by Gasteiger charge is -2.16. The standard InChI is InChI=1S/C12H15NOS/c14-7-12-5-11(8-15-12)13-4-3-10(6-13)9-1-2-9/h5,7-10H,1-4,6H2. The summed E-state index contributed by atoms with van der Waals surface area (Å²) in [6.07, 6.45) is 5.18. The number of carbonyl (C=O) groups excluding carboxylic acids is 1. The highest BCUT2D eigenvalue weighted by Crippen LogP contribution is 2.42. The minimum atomic E-state index is 0.847. The maximum atomic E-state index is 10.6. The van der Waals surface area contributed by atoms with Crippen LogP contribution < -0.4 is 4.90 Å². The molecule has 3 heteroatoms. The summed E-state index contributed by atoms with van der Waals surface area (Å²) in [5.74, 6) is 1.93. The van der Waals surface area contributed by atoms with Gasteiger partial charge in [0.2, 0.25) is 0 Å². The van der Waals surface area contributed by atoms with Crippen LogP contribution in [0.15, 0.2) is 11.4 Å². The molecule has 2 fully saturated rings. The summed E-state index contributed by atoms with van der Waals surface area (Å²) < 4.78 is 0. The van der Waals surface area contributed by atoms with Crippen LogP contribution in [0, 0.1) is 11.8 Å². The fourth-order valence-electron chi connectivity index (χ4n) is 2.54.